The van der Waals surface area contributed by atoms with E-state index in [-0.39, 0.29) is 38.3 Å². The second-order valence-electron chi connectivity index (χ2n) is 10.5. The first-order valence-electron chi connectivity index (χ1n) is 14.4. The average Bonchev–Trinajstić information content (AvgIpc) is 3.71. The van der Waals surface area contributed by atoms with Crippen LogP contribution in [0.5, 0.6) is 5.75 Å². The van der Waals surface area contributed by atoms with E-state index in [0.29, 0.717) is 11.3 Å². The number of rotatable bonds is 9. The van der Waals surface area contributed by atoms with Crippen molar-refractivity contribution in [2.45, 2.75) is 30.9 Å². The van der Waals surface area contributed by atoms with E-state index in [0.717, 1.165) is 23.3 Å². The van der Waals surface area contributed by atoms with Crippen LogP contribution in [-0.2, 0) is 34.0 Å². The van der Waals surface area contributed by atoms with E-state index in [4.69, 9.17) is 18.5 Å². The molecular formula is C33H28N2O10S2. The molecule has 1 aromatic heterocycles. The van der Waals surface area contributed by atoms with Crippen LogP contribution >= 0.6 is 11.3 Å². The third kappa shape index (κ3) is 5.64. The van der Waals surface area contributed by atoms with Crippen LogP contribution in [0.4, 0.5) is 10.7 Å². The number of para-hydroxylation sites is 1. The number of benzene rings is 3. The average molecular weight is 677 g/mol. The van der Waals surface area contributed by atoms with Crippen molar-refractivity contribution in [3.8, 4) is 5.75 Å². The SMILES string of the molecule is CCOC(=O)c1sc(N2C(=O)[C@@H]3[C@H](ON(c4ccccc4)[C@@H]3c3ccc(OS(=O)(=O)c4ccccc4)cc3)C2=O)c(C(=O)OC)c1C. The van der Waals surface area contributed by atoms with Gasteiger partial charge in [0.25, 0.3) is 5.91 Å². The highest BCUT2D eigenvalue weighted by Crippen LogP contribution is 2.50. The third-order valence-corrected chi connectivity index (χ3v) is 10.3. The Bertz CT molecular complexity index is 1960. The molecule has 242 valence electrons. The van der Waals surface area contributed by atoms with Crippen LogP contribution in [0.1, 0.15) is 44.1 Å². The first-order valence-corrected chi connectivity index (χ1v) is 16.7. The van der Waals surface area contributed by atoms with Crippen molar-refractivity contribution in [2.75, 3.05) is 23.7 Å². The molecule has 0 bridgehead atoms. The molecule has 2 aliphatic rings. The molecule has 2 aliphatic heterocycles. The van der Waals surface area contributed by atoms with Gasteiger partial charge in [-0.25, -0.2) is 19.6 Å². The van der Waals surface area contributed by atoms with E-state index in [2.05, 4.69) is 0 Å². The molecule has 3 heterocycles. The van der Waals surface area contributed by atoms with Gasteiger partial charge >= 0.3 is 22.1 Å². The van der Waals surface area contributed by atoms with Gasteiger partial charge in [0.15, 0.2) is 6.10 Å². The lowest BCUT2D eigenvalue weighted by Gasteiger charge is -2.28. The van der Waals surface area contributed by atoms with Gasteiger partial charge in [0, 0.05) is 0 Å². The lowest BCUT2D eigenvalue weighted by atomic mass is 9.90. The number of imide groups is 1. The van der Waals surface area contributed by atoms with Crippen molar-refractivity contribution in [1.29, 1.82) is 0 Å². The fraction of sp³-hybridized carbons (Fsp3) is 0.212. The van der Waals surface area contributed by atoms with Crippen LogP contribution in [0.25, 0.3) is 0 Å². The summed E-state index contributed by atoms with van der Waals surface area (Å²) >= 11 is 0.787. The molecule has 6 rings (SSSR count). The number of carbonyl (C=O) groups is 4. The highest BCUT2D eigenvalue weighted by Gasteiger charge is 2.61. The third-order valence-electron chi connectivity index (χ3n) is 7.77. The van der Waals surface area contributed by atoms with Gasteiger partial charge in [0.1, 0.15) is 26.4 Å². The van der Waals surface area contributed by atoms with Gasteiger partial charge in [-0.1, -0.05) is 48.5 Å². The Balaban J connectivity index is 1.38. The predicted octanol–water partition coefficient (Wildman–Crippen LogP) is 4.84. The summed E-state index contributed by atoms with van der Waals surface area (Å²) in [4.78, 5) is 61.0. The minimum atomic E-state index is -4.10. The Hall–Kier alpha value is -5.05. The van der Waals surface area contributed by atoms with Crippen molar-refractivity contribution < 1.29 is 46.1 Å². The Morgan fingerprint density at radius 1 is 0.894 bits per heavy atom. The number of carbonyl (C=O) groups excluding carboxylic acids is 4. The van der Waals surface area contributed by atoms with Gasteiger partial charge in [0.05, 0.1) is 31.0 Å². The molecule has 2 saturated heterocycles. The summed E-state index contributed by atoms with van der Waals surface area (Å²) in [6, 6.07) is 21.8. The lowest BCUT2D eigenvalue weighted by Crippen LogP contribution is -2.37. The minimum Gasteiger partial charge on any atom is -0.465 e. The monoisotopic (exact) mass is 676 g/mol. The van der Waals surface area contributed by atoms with Gasteiger partial charge in [-0.15, -0.1) is 11.3 Å². The van der Waals surface area contributed by atoms with Crippen LogP contribution in [-0.4, -0.2) is 52.0 Å². The summed E-state index contributed by atoms with van der Waals surface area (Å²) in [6.45, 7) is 3.23. The zero-order valence-corrected chi connectivity index (χ0v) is 26.9. The van der Waals surface area contributed by atoms with Crippen LogP contribution < -0.4 is 14.1 Å². The fourth-order valence-electron chi connectivity index (χ4n) is 5.62. The molecule has 14 heteroatoms. The number of fused-ring (bicyclic) bond motifs is 1. The zero-order valence-electron chi connectivity index (χ0n) is 25.3. The minimum absolute atomic E-state index is 0.0113. The standard InChI is InChI=1S/C33H28N2O10S2/c1-4-43-33(39)28-19(2)24(32(38)42-3)31(46-28)34-29(36)25-26(35(44-27(25)30(34)37)21-11-7-5-8-12-21)20-15-17-22(18-16-20)45-47(40,41)23-13-9-6-10-14-23/h5-18,25-27H,4H2,1-3H3/t25-,26+,27-/m0/s1. The smallest absolute Gasteiger partial charge is 0.348 e. The Morgan fingerprint density at radius 3 is 2.15 bits per heavy atom. The van der Waals surface area contributed by atoms with Gasteiger partial charge in [-0.2, -0.15) is 8.42 Å². The maximum atomic E-state index is 14.3. The molecule has 12 nitrogen and oxygen atoms in total. The zero-order chi connectivity index (χ0) is 33.5. The Morgan fingerprint density at radius 2 is 1.53 bits per heavy atom. The molecule has 0 saturated carbocycles. The molecule has 3 aromatic carbocycles. The van der Waals surface area contributed by atoms with E-state index in [1.54, 1.807) is 67.6 Å². The maximum absolute atomic E-state index is 14.3. The molecular weight excluding hydrogens is 649 g/mol. The highest BCUT2D eigenvalue weighted by molar-refractivity contribution is 7.87. The van der Waals surface area contributed by atoms with Crippen LogP contribution in [0.2, 0.25) is 0 Å². The largest absolute Gasteiger partial charge is 0.465 e. The number of esters is 2. The number of thiophene rings is 1. The van der Waals surface area contributed by atoms with E-state index in [9.17, 15) is 27.6 Å². The molecule has 4 aromatic rings. The normalized spacial score (nSPS) is 19.1. The molecule has 2 fully saturated rings. The number of amides is 2. The van der Waals surface area contributed by atoms with E-state index in [1.165, 1.54) is 36.3 Å². The van der Waals surface area contributed by atoms with Crippen molar-refractivity contribution in [3.63, 3.8) is 0 Å². The molecule has 2 amide bonds. The van der Waals surface area contributed by atoms with Crippen LogP contribution in [0.15, 0.2) is 89.8 Å². The number of methoxy groups -OCH3 is 1. The number of hydroxylamine groups is 1. The molecule has 0 spiro atoms. The summed E-state index contributed by atoms with van der Waals surface area (Å²) < 4.78 is 41.0. The predicted molar refractivity (Wildman–Crippen MR) is 170 cm³/mol. The summed E-state index contributed by atoms with van der Waals surface area (Å²) in [7, 11) is -2.94. The summed E-state index contributed by atoms with van der Waals surface area (Å²) in [6.07, 6.45) is -1.28. The summed E-state index contributed by atoms with van der Waals surface area (Å²) in [5.41, 5.74) is 1.21. The van der Waals surface area contributed by atoms with E-state index < -0.39 is 51.9 Å². The van der Waals surface area contributed by atoms with E-state index >= 15 is 0 Å². The van der Waals surface area contributed by atoms with Crippen LogP contribution in [0.3, 0.4) is 0 Å². The molecule has 0 radical (unpaired) electrons. The molecule has 3 atom stereocenters. The lowest BCUT2D eigenvalue weighted by molar-refractivity contribution is -0.126. The molecule has 0 N–H and O–H groups in total. The topological polar surface area (TPSA) is 146 Å². The summed E-state index contributed by atoms with van der Waals surface area (Å²) in [5.74, 6) is -3.95. The summed E-state index contributed by atoms with van der Waals surface area (Å²) in [5, 5.41) is 1.41. The fourth-order valence-corrected chi connectivity index (χ4v) is 7.78. The number of hydrogen-bond donors (Lipinski definition) is 0. The molecule has 0 aliphatic carbocycles. The van der Waals surface area contributed by atoms with Crippen molar-refractivity contribution in [1.82, 2.24) is 0 Å². The highest BCUT2D eigenvalue weighted by atomic mass is 32.2. The number of ether oxygens (including phenoxy) is 2. The number of anilines is 2. The van der Waals surface area contributed by atoms with Crippen LogP contribution in [0, 0.1) is 12.8 Å². The van der Waals surface area contributed by atoms with Gasteiger partial charge in [-0.05, 0) is 61.4 Å². The maximum Gasteiger partial charge on any atom is 0.348 e. The second kappa shape index (κ2) is 12.6. The number of hydrogen-bond acceptors (Lipinski definition) is 12. The molecule has 47 heavy (non-hydrogen) atoms. The Kier molecular flexibility index (Phi) is 8.57. The Labute approximate surface area is 274 Å². The van der Waals surface area contributed by atoms with Crippen molar-refractivity contribution in [3.05, 3.63) is 106 Å². The first-order chi connectivity index (χ1) is 22.6. The quantitative estimate of drug-likeness (QED) is 0.136. The van der Waals surface area contributed by atoms with Gasteiger partial charge in [0.2, 0.25) is 5.91 Å². The van der Waals surface area contributed by atoms with Crippen molar-refractivity contribution in [2.24, 2.45) is 5.92 Å². The first kappa shape index (κ1) is 31.9. The molecule has 0 unspecified atom stereocenters. The van der Waals surface area contributed by atoms with Gasteiger partial charge < -0.3 is 13.7 Å². The van der Waals surface area contributed by atoms with Gasteiger partial charge in [-0.3, -0.25) is 14.4 Å². The van der Waals surface area contributed by atoms with E-state index in [1.807, 2.05) is 0 Å². The second-order valence-corrected chi connectivity index (χ2v) is 13.1. The number of nitrogens with zero attached hydrogens (tertiary/aromatic N) is 2. The van der Waals surface area contributed by atoms with Crippen molar-refractivity contribution >= 4 is 55.9 Å².